The maximum Gasteiger partial charge on any atom is 0.125 e. The van der Waals surface area contributed by atoms with Gasteiger partial charge in [-0.3, -0.25) is 0 Å². The SMILES string of the molecule is CN(CCCNc1cc(F)ccc1N)c1ccccc1. The molecule has 0 amide bonds. The second-order valence-electron chi connectivity index (χ2n) is 4.77. The molecule has 2 aromatic rings. The lowest BCUT2D eigenvalue weighted by Gasteiger charge is -2.19. The molecule has 20 heavy (non-hydrogen) atoms. The molecule has 0 saturated carbocycles. The Balaban J connectivity index is 1.78. The highest BCUT2D eigenvalue weighted by molar-refractivity contribution is 5.65. The minimum atomic E-state index is -0.275. The van der Waals surface area contributed by atoms with Gasteiger partial charge >= 0.3 is 0 Å². The molecule has 2 rings (SSSR count). The van der Waals surface area contributed by atoms with Crippen molar-refractivity contribution in [2.75, 3.05) is 36.1 Å². The van der Waals surface area contributed by atoms with Gasteiger partial charge in [-0.25, -0.2) is 4.39 Å². The van der Waals surface area contributed by atoms with E-state index in [9.17, 15) is 4.39 Å². The van der Waals surface area contributed by atoms with E-state index in [0.717, 1.165) is 19.5 Å². The van der Waals surface area contributed by atoms with Gasteiger partial charge in [0.1, 0.15) is 5.82 Å². The summed E-state index contributed by atoms with van der Waals surface area (Å²) in [4.78, 5) is 2.19. The van der Waals surface area contributed by atoms with Crippen LogP contribution < -0.4 is 16.0 Å². The first-order valence-corrected chi connectivity index (χ1v) is 6.72. The number of nitrogens with two attached hydrogens (primary N) is 1. The highest BCUT2D eigenvalue weighted by Crippen LogP contribution is 2.19. The molecule has 0 aliphatic heterocycles. The van der Waals surface area contributed by atoms with Gasteiger partial charge in [0.15, 0.2) is 0 Å². The lowest BCUT2D eigenvalue weighted by molar-refractivity contribution is 0.628. The number of rotatable bonds is 6. The van der Waals surface area contributed by atoms with Crippen molar-refractivity contribution in [3.63, 3.8) is 0 Å². The van der Waals surface area contributed by atoms with Crippen molar-refractivity contribution >= 4 is 17.1 Å². The van der Waals surface area contributed by atoms with E-state index in [1.165, 1.54) is 17.8 Å². The van der Waals surface area contributed by atoms with E-state index < -0.39 is 0 Å². The highest BCUT2D eigenvalue weighted by Gasteiger charge is 2.02. The molecule has 0 aromatic heterocycles. The number of nitrogens with zero attached hydrogens (tertiary/aromatic N) is 1. The lowest BCUT2D eigenvalue weighted by Crippen LogP contribution is -2.20. The Labute approximate surface area is 119 Å². The Kier molecular flexibility index (Phi) is 4.82. The first-order chi connectivity index (χ1) is 9.66. The molecular formula is C16H20FN3. The molecule has 3 nitrogen and oxygen atoms in total. The van der Waals surface area contributed by atoms with Crippen LogP contribution in [0.3, 0.4) is 0 Å². The topological polar surface area (TPSA) is 41.3 Å². The van der Waals surface area contributed by atoms with Crippen LogP contribution in [0.25, 0.3) is 0 Å². The molecule has 0 atom stereocenters. The number of hydrogen-bond donors (Lipinski definition) is 2. The molecule has 4 heteroatoms. The third kappa shape index (κ3) is 3.88. The molecule has 0 fully saturated rings. The zero-order valence-electron chi connectivity index (χ0n) is 11.6. The van der Waals surface area contributed by atoms with E-state index in [-0.39, 0.29) is 5.82 Å². The third-order valence-electron chi connectivity index (χ3n) is 3.20. The maximum atomic E-state index is 13.1. The maximum absolute atomic E-state index is 13.1. The number of halogens is 1. The lowest BCUT2D eigenvalue weighted by atomic mass is 10.2. The van der Waals surface area contributed by atoms with Crippen LogP contribution in [0.15, 0.2) is 48.5 Å². The number of para-hydroxylation sites is 1. The number of benzene rings is 2. The van der Waals surface area contributed by atoms with Gasteiger partial charge in [0.05, 0.1) is 11.4 Å². The quantitative estimate of drug-likeness (QED) is 0.626. The van der Waals surface area contributed by atoms with Crippen molar-refractivity contribution in [3.05, 3.63) is 54.3 Å². The van der Waals surface area contributed by atoms with Crippen molar-refractivity contribution < 1.29 is 4.39 Å². The third-order valence-corrected chi connectivity index (χ3v) is 3.20. The molecule has 0 aliphatic carbocycles. The summed E-state index contributed by atoms with van der Waals surface area (Å²) < 4.78 is 13.1. The number of nitrogen functional groups attached to an aromatic ring is 1. The molecule has 0 saturated heterocycles. The second-order valence-corrected chi connectivity index (χ2v) is 4.77. The fraction of sp³-hybridized carbons (Fsp3) is 0.250. The van der Waals surface area contributed by atoms with Gasteiger partial charge in [0.2, 0.25) is 0 Å². The van der Waals surface area contributed by atoms with Crippen molar-refractivity contribution in [2.45, 2.75) is 6.42 Å². The van der Waals surface area contributed by atoms with E-state index in [1.54, 1.807) is 6.07 Å². The van der Waals surface area contributed by atoms with E-state index in [4.69, 9.17) is 5.73 Å². The van der Waals surface area contributed by atoms with Crippen LogP contribution in [-0.4, -0.2) is 20.1 Å². The Morgan fingerprint density at radius 1 is 1.15 bits per heavy atom. The summed E-state index contributed by atoms with van der Waals surface area (Å²) in [7, 11) is 2.06. The molecule has 2 aromatic carbocycles. The largest absolute Gasteiger partial charge is 0.397 e. The molecule has 0 bridgehead atoms. The van der Waals surface area contributed by atoms with Gasteiger partial charge in [-0.1, -0.05) is 18.2 Å². The molecule has 0 spiro atoms. The molecule has 3 N–H and O–H groups in total. The smallest absolute Gasteiger partial charge is 0.125 e. The van der Waals surface area contributed by atoms with Gasteiger partial charge in [0.25, 0.3) is 0 Å². The number of nitrogens with one attached hydrogen (secondary N) is 1. The Hall–Kier alpha value is -2.23. The summed E-state index contributed by atoms with van der Waals surface area (Å²) in [5, 5.41) is 3.17. The molecule has 0 unspecified atom stereocenters. The van der Waals surface area contributed by atoms with Crippen molar-refractivity contribution in [1.29, 1.82) is 0 Å². The van der Waals surface area contributed by atoms with Crippen LogP contribution in [0.1, 0.15) is 6.42 Å². The van der Waals surface area contributed by atoms with Crippen molar-refractivity contribution in [2.24, 2.45) is 0 Å². The molecular weight excluding hydrogens is 253 g/mol. The van der Waals surface area contributed by atoms with Crippen LogP contribution >= 0.6 is 0 Å². The summed E-state index contributed by atoms with van der Waals surface area (Å²) in [5.41, 5.74) is 8.21. The Morgan fingerprint density at radius 2 is 1.90 bits per heavy atom. The molecule has 0 radical (unpaired) electrons. The van der Waals surface area contributed by atoms with Gasteiger partial charge in [-0.2, -0.15) is 0 Å². The van der Waals surface area contributed by atoms with E-state index in [1.807, 2.05) is 18.2 Å². The van der Waals surface area contributed by atoms with Crippen LogP contribution in [0.5, 0.6) is 0 Å². The average Bonchev–Trinajstić information content (AvgIpc) is 2.47. The fourth-order valence-corrected chi connectivity index (χ4v) is 2.03. The summed E-state index contributed by atoms with van der Waals surface area (Å²) in [5.74, 6) is -0.275. The standard InChI is InChI=1S/C16H20FN3/c1-20(14-6-3-2-4-7-14)11-5-10-19-16-12-13(17)8-9-15(16)18/h2-4,6-9,12,19H,5,10-11,18H2,1H3. The predicted molar refractivity (Wildman–Crippen MR) is 83.6 cm³/mol. The first kappa shape index (κ1) is 14.2. The zero-order chi connectivity index (χ0) is 14.4. The van der Waals surface area contributed by atoms with Crippen molar-refractivity contribution in [3.8, 4) is 0 Å². The normalized spacial score (nSPS) is 10.3. The fourth-order valence-electron chi connectivity index (χ4n) is 2.03. The van der Waals surface area contributed by atoms with E-state index >= 15 is 0 Å². The summed E-state index contributed by atoms with van der Waals surface area (Å²) >= 11 is 0. The van der Waals surface area contributed by atoms with Crippen molar-refractivity contribution in [1.82, 2.24) is 0 Å². The van der Waals surface area contributed by atoms with E-state index in [2.05, 4.69) is 29.4 Å². The van der Waals surface area contributed by atoms with Gasteiger partial charge in [-0.05, 0) is 36.8 Å². The molecule has 106 valence electrons. The van der Waals surface area contributed by atoms with Gasteiger partial charge in [0, 0.05) is 25.8 Å². The minimum absolute atomic E-state index is 0.275. The molecule has 0 heterocycles. The summed E-state index contributed by atoms with van der Waals surface area (Å²) in [6, 6.07) is 14.6. The minimum Gasteiger partial charge on any atom is -0.397 e. The summed E-state index contributed by atoms with van der Waals surface area (Å²) in [6.07, 6.45) is 0.946. The predicted octanol–water partition coefficient (Wildman–Crippen LogP) is 3.35. The average molecular weight is 273 g/mol. The number of anilines is 3. The Bertz CT molecular complexity index is 543. The van der Waals surface area contributed by atoms with Crippen LogP contribution in [-0.2, 0) is 0 Å². The van der Waals surface area contributed by atoms with Crippen LogP contribution in [0.2, 0.25) is 0 Å². The Morgan fingerprint density at radius 3 is 2.65 bits per heavy atom. The second kappa shape index (κ2) is 6.80. The number of hydrogen-bond acceptors (Lipinski definition) is 3. The highest BCUT2D eigenvalue weighted by atomic mass is 19.1. The summed E-state index contributed by atoms with van der Waals surface area (Å²) in [6.45, 7) is 1.68. The van der Waals surface area contributed by atoms with Gasteiger partial charge in [-0.15, -0.1) is 0 Å². The van der Waals surface area contributed by atoms with E-state index in [0.29, 0.717) is 11.4 Å². The first-order valence-electron chi connectivity index (χ1n) is 6.72. The van der Waals surface area contributed by atoms with Crippen LogP contribution in [0, 0.1) is 5.82 Å². The molecule has 0 aliphatic rings. The monoisotopic (exact) mass is 273 g/mol. The van der Waals surface area contributed by atoms with Gasteiger partial charge < -0.3 is 16.0 Å². The van der Waals surface area contributed by atoms with Crippen LogP contribution in [0.4, 0.5) is 21.5 Å². The zero-order valence-corrected chi connectivity index (χ0v) is 11.6.